The van der Waals surface area contributed by atoms with E-state index in [9.17, 15) is 9.50 Å². The summed E-state index contributed by atoms with van der Waals surface area (Å²) in [5, 5.41) is 13.2. The van der Waals surface area contributed by atoms with Crippen molar-refractivity contribution in [2.24, 2.45) is 0 Å². The molecular weight excluding hydrogens is 243 g/mol. The molecule has 0 aromatic heterocycles. The quantitative estimate of drug-likeness (QED) is 0.875. The fourth-order valence-electron chi connectivity index (χ4n) is 3.26. The Hall–Kier alpha value is -1.13. The number of aliphatic hydroxyl groups is 1. The van der Waals surface area contributed by atoms with Crippen LogP contribution in [0.4, 0.5) is 10.1 Å². The van der Waals surface area contributed by atoms with Crippen LogP contribution in [0.15, 0.2) is 24.3 Å². The molecule has 2 atom stereocenters. The molecule has 0 amide bonds. The van der Waals surface area contributed by atoms with E-state index in [1.54, 1.807) is 6.07 Å². The molecule has 1 saturated carbocycles. The van der Waals surface area contributed by atoms with Crippen molar-refractivity contribution in [2.75, 3.05) is 18.5 Å². The molecule has 0 bridgehead atoms. The second-order valence-electron chi connectivity index (χ2n) is 6.03. The van der Waals surface area contributed by atoms with Gasteiger partial charge in [0.15, 0.2) is 0 Å². The van der Waals surface area contributed by atoms with Gasteiger partial charge >= 0.3 is 0 Å². The lowest BCUT2D eigenvalue weighted by molar-refractivity contribution is 0.201. The summed E-state index contributed by atoms with van der Waals surface area (Å²) in [5.41, 5.74) is 0.411. The fraction of sp³-hybridized carbons (Fsp3) is 0.600. The van der Waals surface area contributed by atoms with Gasteiger partial charge in [-0.25, -0.2) is 4.39 Å². The number of halogens is 1. The van der Waals surface area contributed by atoms with Crippen LogP contribution >= 0.6 is 0 Å². The van der Waals surface area contributed by atoms with Gasteiger partial charge in [-0.2, -0.15) is 0 Å². The molecule has 0 spiro atoms. The number of rotatable bonds is 4. The molecule has 1 aromatic carbocycles. The smallest absolute Gasteiger partial charge is 0.125 e. The largest absolute Gasteiger partial charge is 0.394 e. The van der Waals surface area contributed by atoms with Crippen molar-refractivity contribution in [3.8, 4) is 0 Å². The van der Waals surface area contributed by atoms with Crippen molar-refractivity contribution in [1.29, 1.82) is 0 Å². The van der Waals surface area contributed by atoms with Crippen LogP contribution in [0.1, 0.15) is 26.2 Å². The first kappa shape index (κ1) is 12.9. The standard InChI is InChI=1S/C15H21FN2O/c1-11-8-15(10-19,9-18(11)14-5-6-14)17-13-4-2-3-12(16)7-13/h2-4,7,11,14,17,19H,5-6,8-10H2,1H3. The maximum absolute atomic E-state index is 13.2. The first-order chi connectivity index (χ1) is 9.12. The van der Waals surface area contributed by atoms with Gasteiger partial charge in [0, 0.05) is 24.3 Å². The molecule has 1 aliphatic heterocycles. The Morgan fingerprint density at radius 1 is 1.47 bits per heavy atom. The van der Waals surface area contributed by atoms with Crippen molar-refractivity contribution < 1.29 is 9.50 Å². The lowest BCUT2D eigenvalue weighted by atomic mass is 9.97. The van der Waals surface area contributed by atoms with Crippen LogP contribution in [0, 0.1) is 5.82 Å². The summed E-state index contributed by atoms with van der Waals surface area (Å²) < 4.78 is 13.2. The van der Waals surface area contributed by atoms with Crippen LogP contribution in [-0.4, -0.2) is 40.8 Å². The van der Waals surface area contributed by atoms with Gasteiger partial charge in [0.1, 0.15) is 5.82 Å². The topological polar surface area (TPSA) is 35.5 Å². The van der Waals surface area contributed by atoms with Crippen molar-refractivity contribution in [3.05, 3.63) is 30.1 Å². The molecule has 2 N–H and O–H groups in total. The van der Waals surface area contributed by atoms with E-state index >= 15 is 0 Å². The molecule has 2 unspecified atom stereocenters. The summed E-state index contributed by atoms with van der Waals surface area (Å²) in [6.45, 7) is 3.13. The van der Waals surface area contributed by atoms with E-state index in [0.717, 1.165) is 18.7 Å². The zero-order valence-corrected chi connectivity index (χ0v) is 11.3. The van der Waals surface area contributed by atoms with Crippen molar-refractivity contribution in [2.45, 2.75) is 43.8 Å². The third-order valence-electron chi connectivity index (χ3n) is 4.29. The predicted molar refractivity (Wildman–Crippen MR) is 73.6 cm³/mol. The molecule has 1 saturated heterocycles. The van der Waals surface area contributed by atoms with Gasteiger partial charge in [-0.15, -0.1) is 0 Å². The molecule has 19 heavy (non-hydrogen) atoms. The number of aliphatic hydroxyl groups excluding tert-OH is 1. The highest BCUT2D eigenvalue weighted by atomic mass is 19.1. The van der Waals surface area contributed by atoms with Crippen molar-refractivity contribution >= 4 is 5.69 Å². The van der Waals surface area contributed by atoms with Gasteiger partial charge in [-0.1, -0.05) is 6.07 Å². The van der Waals surface area contributed by atoms with E-state index in [1.807, 2.05) is 6.07 Å². The Balaban J connectivity index is 1.76. The van der Waals surface area contributed by atoms with E-state index < -0.39 is 0 Å². The predicted octanol–water partition coefficient (Wildman–Crippen LogP) is 2.23. The van der Waals surface area contributed by atoms with Gasteiger partial charge in [0.05, 0.1) is 12.1 Å². The highest BCUT2D eigenvalue weighted by molar-refractivity contribution is 5.46. The maximum Gasteiger partial charge on any atom is 0.125 e. The molecule has 2 fully saturated rings. The summed E-state index contributed by atoms with van der Waals surface area (Å²) in [7, 11) is 0. The van der Waals surface area contributed by atoms with Gasteiger partial charge < -0.3 is 10.4 Å². The maximum atomic E-state index is 13.2. The summed E-state index contributed by atoms with van der Waals surface area (Å²) in [6.07, 6.45) is 3.44. The van der Waals surface area contributed by atoms with Gasteiger partial charge in [-0.3, -0.25) is 4.90 Å². The number of hydrogen-bond donors (Lipinski definition) is 2. The van der Waals surface area contributed by atoms with E-state index in [-0.39, 0.29) is 18.0 Å². The lowest BCUT2D eigenvalue weighted by Crippen LogP contribution is -2.45. The molecule has 4 heteroatoms. The summed E-state index contributed by atoms with van der Waals surface area (Å²) in [5.74, 6) is -0.247. The van der Waals surface area contributed by atoms with Gasteiger partial charge in [0.2, 0.25) is 0 Å². The van der Waals surface area contributed by atoms with Crippen molar-refractivity contribution in [3.63, 3.8) is 0 Å². The fourth-order valence-corrected chi connectivity index (χ4v) is 3.26. The first-order valence-electron chi connectivity index (χ1n) is 7.02. The molecule has 3 nitrogen and oxygen atoms in total. The highest BCUT2D eigenvalue weighted by Gasteiger charge is 2.46. The molecule has 1 aliphatic carbocycles. The Morgan fingerprint density at radius 3 is 2.89 bits per heavy atom. The van der Waals surface area contributed by atoms with E-state index in [0.29, 0.717) is 12.1 Å². The number of hydrogen-bond acceptors (Lipinski definition) is 3. The number of anilines is 1. The van der Waals surface area contributed by atoms with Crippen LogP contribution in [0.2, 0.25) is 0 Å². The Morgan fingerprint density at radius 2 is 2.26 bits per heavy atom. The number of nitrogens with zero attached hydrogens (tertiary/aromatic N) is 1. The van der Waals surface area contributed by atoms with Crippen LogP contribution < -0.4 is 5.32 Å². The van der Waals surface area contributed by atoms with Crippen LogP contribution in [0.25, 0.3) is 0 Å². The third kappa shape index (κ3) is 2.60. The van der Waals surface area contributed by atoms with Crippen molar-refractivity contribution in [1.82, 2.24) is 4.90 Å². The minimum atomic E-state index is -0.337. The van der Waals surface area contributed by atoms with Crippen LogP contribution in [-0.2, 0) is 0 Å². The molecule has 1 heterocycles. The van der Waals surface area contributed by atoms with Crippen LogP contribution in [0.3, 0.4) is 0 Å². The summed E-state index contributed by atoms with van der Waals surface area (Å²) in [6, 6.07) is 7.63. The molecule has 3 rings (SSSR count). The zero-order chi connectivity index (χ0) is 13.5. The SMILES string of the molecule is CC1CC(CO)(Nc2cccc(F)c2)CN1C1CC1. The average molecular weight is 264 g/mol. The summed E-state index contributed by atoms with van der Waals surface area (Å²) >= 11 is 0. The number of benzene rings is 1. The minimum Gasteiger partial charge on any atom is -0.394 e. The Bertz CT molecular complexity index is 463. The average Bonchev–Trinajstić information content (AvgIpc) is 3.15. The van der Waals surface area contributed by atoms with E-state index in [2.05, 4.69) is 17.1 Å². The molecule has 2 aliphatic rings. The highest BCUT2D eigenvalue weighted by Crippen LogP contribution is 2.38. The Kier molecular flexibility index (Phi) is 3.23. The molecule has 1 aromatic rings. The van der Waals surface area contributed by atoms with Crippen LogP contribution in [0.5, 0.6) is 0 Å². The summed E-state index contributed by atoms with van der Waals surface area (Å²) in [4.78, 5) is 2.47. The van der Waals surface area contributed by atoms with Gasteiger partial charge in [0.25, 0.3) is 0 Å². The second kappa shape index (κ2) is 4.76. The number of nitrogens with one attached hydrogen (secondary N) is 1. The Labute approximate surface area is 113 Å². The third-order valence-corrected chi connectivity index (χ3v) is 4.29. The molecule has 104 valence electrons. The van der Waals surface area contributed by atoms with E-state index in [1.165, 1.54) is 25.0 Å². The minimum absolute atomic E-state index is 0.0804. The molecular formula is C15H21FN2O. The lowest BCUT2D eigenvalue weighted by Gasteiger charge is -2.30. The van der Waals surface area contributed by atoms with Gasteiger partial charge in [-0.05, 0) is 44.4 Å². The molecule has 0 radical (unpaired) electrons. The first-order valence-corrected chi connectivity index (χ1v) is 7.02. The normalized spacial score (nSPS) is 31.6. The van der Waals surface area contributed by atoms with E-state index in [4.69, 9.17) is 0 Å². The monoisotopic (exact) mass is 264 g/mol. The zero-order valence-electron chi connectivity index (χ0n) is 11.3. The number of likely N-dealkylation sites (tertiary alicyclic amines) is 1. The second-order valence-corrected chi connectivity index (χ2v) is 6.03.